The SMILES string of the molecule is Brc1cc(N2CCCCC2)ccc1Cc1ccc(N2CCCCC2)cc1Br.Brc1cccc(N2CCCCC2)c1.C=O. The molecule has 0 amide bonds. The largest absolute Gasteiger partial charge is 0.372 e. The van der Waals surface area contributed by atoms with Gasteiger partial charge in [0.05, 0.1) is 0 Å². The van der Waals surface area contributed by atoms with Gasteiger partial charge in [0.15, 0.2) is 0 Å². The molecule has 0 aliphatic carbocycles. The molecule has 42 heavy (non-hydrogen) atoms. The Balaban J connectivity index is 0.000000226. The highest BCUT2D eigenvalue weighted by Crippen LogP contribution is 2.32. The number of carbonyl (C=O) groups is 1. The van der Waals surface area contributed by atoms with Crippen LogP contribution in [0.3, 0.4) is 0 Å². The van der Waals surface area contributed by atoms with Crippen molar-refractivity contribution in [2.45, 2.75) is 64.2 Å². The molecule has 226 valence electrons. The smallest absolute Gasteiger partial charge is 0.106 e. The molecule has 3 heterocycles. The highest BCUT2D eigenvalue weighted by molar-refractivity contribution is 9.11. The number of piperidine rings is 3. The Bertz CT molecular complexity index is 1190. The predicted molar refractivity (Wildman–Crippen MR) is 191 cm³/mol. The Kier molecular flexibility index (Phi) is 13.7. The average Bonchev–Trinajstić information content (AvgIpc) is 3.05. The fraction of sp³-hybridized carbons (Fsp3) is 0.457. The predicted octanol–water partition coefficient (Wildman–Crippen LogP) is 10.0. The summed E-state index contributed by atoms with van der Waals surface area (Å²) < 4.78 is 3.62. The van der Waals surface area contributed by atoms with Gasteiger partial charge in [0, 0.05) is 69.7 Å². The quantitative estimate of drug-likeness (QED) is 0.259. The van der Waals surface area contributed by atoms with E-state index in [0.717, 1.165) is 6.42 Å². The van der Waals surface area contributed by atoms with Crippen LogP contribution in [0.15, 0.2) is 74.1 Å². The van der Waals surface area contributed by atoms with Gasteiger partial charge < -0.3 is 19.5 Å². The van der Waals surface area contributed by atoms with Crippen molar-refractivity contribution >= 4 is 71.6 Å². The van der Waals surface area contributed by atoms with Gasteiger partial charge in [-0.2, -0.15) is 0 Å². The summed E-state index contributed by atoms with van der Waals surface area (Å²) >= 11 is 11.1. The van der Waals surface area contributed by atoms with Gasteiger partial charge in [0.2, 0.25) is 0 Å². The lowest BCUT2D eigenvalue weighted by atomic mass is 10.0. The van der Waals surface area contributed by atoms with Crippen LogP contribution < -0.4 is 14.7 Å². The zero-order valence-corrected chi connectivity index (χ0v) is 29.4. The molecule has 0 unspecified atom stereocenters. The minimum Gasteiger partial charge on any atom is -0.372 e. The van der Waals surface area contributed by atoms with Crippen molar-refractivity contribution in [3.8, 4) is 0 Å². The average molecular weight is 762 g/mol. The molecule has 3 aliphatic heterocycles. The molecular weight excluding hydrogens is 718 g/mol. The molecule has 0 aromatic heterocycles. The van der Waals surface area contributed by atoms with Crippen LogP contribution in [-0.2, 0) is 11.2 Å². The van der Waals surface area contributed by atoms with E-state index in [1.165, 1.54) is 139 Å². The van der Waals surface area contributed by atoms with E-state index in [1.807, 2.05) is 6.79 Å². The van der Waals surface area contributed by atoms with Gasteiger partial charge in [-0.15, -0.1) is 0 Å². The maximum atomic E-state index is 8.00. The van der Waals surface area contributed by atoms with Gasteiger partial charge in [-0.05, 0) is 118 Å². The second-order valence-electron chi connectivity index (χ2n) is 11.4. The fourth-order valence-electron chi connectivity index (χ4n) is 6.09. The second kappa shape index (κ2) is 17.5. The van der Waals surface area contributed by atoms with Crippen LogP contribution in [-0.4, -0.2) is 46.1 Å². The number of halogens is 3. The van der Waals surface area contributed by atoms with Gasteiger partial charge in [-0.25, -0.2) is 0 Å². The number of benzene rings is 3. The van der Waals surface area contributed by atoms with Gasteiger partial charge in [-0.1, -0.05) is 66.0 Å². The van der Waals surface area contributed by atoms with Gasteiger partial charge in [-0.3, -0.25) is 0 Å². The zero-order chi connectivity index (χ0) is 29.7. The fourth-order valence-corrected chi connectivity index (χ4v) is 7.49. The molecule has 0 bridgehead atoms. The molecule has 6 rings (SSSR count). The molecule has 7 heteroatoms. The lowest BCUT2D eigenvalue weighted by Gasteiger charge is -2.29. The Morgan fingerprint density at radius 1 is 0.500 bits per heavy atom. The molecule has 0 radical (unpaired) electrons. The zero-order valence-electron chi connectivity index (χ0n) is 24.7. The van der Waals surface area contributed by atoms with Crippen LogP contribution in [0.1, 0.15) is 68.9 Å². The minimum absolute atomic E-state index is 0.946. The number of nitrogens with zero attached hydrogens (tertiary/aromatic N) is 3. The van der Waals surface area contributed by atoms with Crippen molar-refractivity contribution in [2.75, 3.05) is 54.0 Å². The first-order valence-corrected chi connectivity index (χ1v) is 17.8. The van der Waals surface area contributed by atoms with Gasteiger partial charge in [0.25, 0.3) is 0 Å². The molecule has 3 aromatic carbocycles. The summed E-state index contributed by atoms with van der Waals surface area (Å²) in [5.74, 6) is 0. The summed E-state index contributed by atoms with van der Waals surface area (Å²) in [7, 11) is 0. The maximum Gasteiger partial charge on any atom is 0.106 e. The summed E-state index contributed by atoms with van der Waals surface area (Å²) in [6, 6.07) is 22.3. The van der Waals surface area contributed by atoms with E-state index in [9.17, 15) is 0 Å². The highest BCUT2D eigenvalue weighted by atomic mass is 79.9. The third kappa shape index (κ3) is 9.59. The van der Waals surface area contributed by atoms with E-state index < -0.39 is 0 Å². The highest BCUT2D eigenvalue weighted by Gasteiger charge is 2.15. The summed E-state index contributed by atoms with van der Waals surface area (Å²) in [5, 5.41) is 0. The third-order valence-corrected chi connectivity index (χ3v) is 10.4. The number of hydrogen-bond acceptors (Lipinski definition) is 4. The lowest BCUT2D eigenvalue weighted by Crippen LogP contribution is -2.29. The van der Waals surface area contributed by atoms with E-state index >= 15 is 0 Å². The number of rotatable bonds is 5. The van der Waals surface area contributed by atoms with Gasteiger partial charge in [0.1, 0.15) is 6.79 Å². The van der Waals surface area contributed by atoms with E-state index in [-0.39, 0.29) is 0 Å². The van der Waals surface area contributed by atoms with Crippen molar-refractivity contribution in [3.63, 3.8) is 0 Å². The number of anilines is 3. The Morgan fingerprint density at radius 3 is 1.24 bits per heavy atom. The molecule has 3 saturated heterocycles. The lowest BCUT2D eigenvalue weighted by molar-refractivity contribution is -0.0979. The van der Waals surface area contributed by atoms with Crippen LogP contribution in [0.5, 0.6) is 0 Å². The topological polar surface area (TPSA) is 26.8 Å². The molecule has 3 aliphatic rings. The number of carbonyl (C=O) groups excluding carboxylic acids is 1. The Morgan fingerprint density at radius 2 is 0.881 bits per heavy atom. The van der Waals surface area contributed by atoms with Gasteiger partial charge >= 0.3 is 0 Å². The standard InChI is InChI=1S/C23H28Br2N2.C11H14BrN.CH2O/c24-22-16-20(26-11-3-1-4-12-26)9-7-18(22)15-19-8-10-21(17-23(19)25)27-13-5-2-6-14-27;12-10-5-4-6-11(9-10)13-7-2-1-3-8-13;1-2/h7-10,16-17H,1-6,11-15H2;4-6,9H,1-3,7-8H2;1H2. The van der Waals surface area contributed by atoms with Crippen molar-refractivity contribution in [3.05, 3.63) is 85.2 Å². The first-order valence-electron chi connectivity index (χ1n) is 15.4. The molecular formula is C35H44Br3N3O. The Labute approximate surface area is 278 Å². The molecule has 4 nitrogen and oxygen atoms in total. The summed E-state index contributed by atoms with van der Waals surface area (Å²) in [4.78, 5) is 15.5. The molecule has 3 aromatic rings. The molecule has 0 N–H and O–H groups in total. The maximum absolute atomic E-state index is 8.00. The second-order valence-corrected chi connectivity index (χ2v) is 14.0. The third-order valence-electron chi connectivity index (χ3n) is 8.43. The van der Waals surface area contributed by atoms with Crippen molar-refractivity contribution < 1.29 is 4.79 Å². The normalized spacial score (nSPS) is 17.1. The summed E-state index contributed by atoms with van der Waals surface area (Å²) in [6.07, 6.45) is 13.0. The van der Waals surface area contributed by atoms with E-state index in [2.05, 4.69) is 123 Å². The van der Waals surface area contributed by atoms with Crippen LogP contribution in [0.2, 0.25) is 0 Å². The molecule has 0 atom stereocenters. The Hall–Kier alpha value is -1.83. The summed E-state index contributed by atoms with van der Waals surface area (Å²) in [6.45, 7) is 9.20. The molecule has 0 saturated carbocycles. The first kappa shape index (κ1) is 33.1. The molecule has 3 fully saturated rings. The van der Waals surface area contributed by atoms with Crippen LogP contribution in [0.4, 0.5) is 17.1 Å². The van der Waals surface area contributed by atoms with Crippen LogP contribution in [0.25, 0.3) is 0 Å². The minimum atomic E-state index is 0.946. The van der Waals surface area contributed by atoms with E-state index in [0.29, 0.717) is 0 Å². The van der Waals surface area contributed by atoms with Crippen molar-refractivity contribution in [2.24, 2.45) is 0 Å². The van der Waals surface area contributed by atoms with Crippen LogP contribution in [0, 0.1) is 0 Å². The van der Waals surface area contributed by atoms with E-state index in [4.69, 9.17) is 4.79 Å². The van der Waals surface area contributed by atoms with Crippen LogP contribution >= 0.6 is 47.8 Å². The number of hydrogen-bond donors (Lipinski definition) is 0. The van der Waals surface area contributed by atoms with Crippen molar-refractivity contribution in [1.29, 1.82) is 0 Å². The molecule has 0 spiro atoms. The first-order chi connectivity index (χ1) is 20.6. The van der Waals surface area contributed by atoms with Crippen molar-refractivity contribution in [1.82, 2.24) is 0 Å². The summed E-state index contributed by atoms with van der Waals surface area (Å²) in [5.41, 5.74) is 6.76. The monoisotopic (exact) mass is 759 g/mol. The van der Waals surface area contributed by atoms with E-state index in [1.54, 1.807) is 0 Å².